The maximum Gasteiger partial charge on any atom is 0.416 e. The molecule has 3 rings (SSSR count). The molecule has 0 aliphatic carbocycles. The standard InChI is InChI=1S/C19H19F3N4OS/c1-26(2)8-9-27-17-10-13(6-7-23-17)16-12-28-18(25-16)24-15-5-3-4-14(11-15)19(20,21)22/h3-7,10-12H,8-9H2,1-2H3,(H,24,25). The first kappa shape index (κ1) is 20.1. The molecule has 0 saturated heterocycles. The van der Waals surface area contributed by atoms with E-state index in [1.54, 1.807) is 18.3 Å². The monoisotopic (exact) mass is 408 g/mol. The summed E-state index contributed by atoms with van der Waals surface area (Å²) in [6.07, 6.45) is -2.74. The van der Waals surface area contributed by atoms with Gasteiger partial charge in [0.05, 0.1) is 11.3 Å². The van der Waals surface area contributed by atoms with Crippen molar-refractivity contribution in [2.45, 2.75) is 6.18 Å². The van der Waals surface area contributed by atoms with Crippen molar-refractivity contribution in [3.63, 3.8) is 0 Å². The molecule has 0 bridgehead atoms. The summed E-state index contributed by atoms with van der Waals surface area (Å²) >= 11 is 1.31. The smallest absolute Gasteiger partial charge is 0.416 e. The van der Waals surface area contributed by atoms with Gasteiger partial charge in [-0.2, -0.15) is 13.2 Å². The van der Waals surface area contributed by atoms with E-state index in [0.717, 1.165) is 24.2 Å². The number of aromatic nitrogens is 2. The first-order valence-electron chi connectivity index (χ1n) is 8.45. The second-order valence-corrected chi connectivity index (χ2v) is 7.13. The number of nitrogens with zero attached hydrogens (tertiary/aromatic N) is 3. The molecule has 1 aromatic carbocycles. The molecule has 148 valence electrons. The van der Waals surface area contributed by atoms with Crippen LogP contribution in [-0.2, 0) is 6.18 Å². The van der Waals surface area contributed by atoms with Gasteiger partial charge in [-0.25, -0.2) is 9.97 Å². The predicted molar refractivity (Wildman–Crippen MR) is 104 cm³/mol. The van der Waals surface area contributed by atoms with Crippen LogP contribution in [0, 0.1) is 0 Å². The van der Waals surface area contributed by atoms with E-state index in [2.05, 4.69) is 15.3 Å². The Labute approximate surface area is 164 Å². The molecule has 0 unspecified atom stereocenters. The average molecular weight is 408 g/mol. The van der Waals surface area contributed by atoms with Gasteiger partial charge in [0.15, 0.2) is 5.13 Å². The molecule has 0 amide bonds. The number of pyridine rings is 1. The van der Waals surface area contributed by atoms with Crippen molar-refractivity contribution in [3.8, 4) is 17.1 Å². The molecule has 1 N–H and O–H groups in total. The summed E-state index contributed by atoms with van der Waals surface area (Å²) in [4.78, 5) is 10.6. The van der Waals surface area contributed by atoms with Crippen LogP contribution in [0.25, 0.3) is 11.3 Å². The molecule has 2 aromatic heterocycles. The molecule has 0 atom stereocenters. The Morgan fingerprint density at radius 2 is 2.00 bits per heavy atom. The second kappa shape index (κ2) is 8.57. The van der Waals surface area contributed by atoms with Gasteiger partial charge in [0.25, 0.3) is 0 Å². The molecular weight excluding hydrogens is 389 g/mol. The van der Waals surface area contributed by atoms with E-state index in [1.807, 2.05) is 30.4 Å². The predicted octanol–water partition coefficient (Wildman–Crippen LogP) is 4.91. The summed E-state index contributed by atoms with van der Waals surface area (Å²) in [5.74, 6) is 0.500. The maximum absolute atomic E-state index is 12.8. The first-order chi connectivity index (χ1) is 13.3. The Bertz CT molecular complexity index is 927. The van der Waals surface area contributed by atoms with Crippen LogP contribution in [0.15, 0.2) is 48.0 Å². The Kier molecular flexibility index (Phi) is 6.15. The number of nitrogens with one attached hydrogen (secondary N) is 1. The maximum atomic E-state index is 12.8. The number of rotatable bonds is 7. The third kappa shape index (κ3) is 5.43. The van der Waals surface area contributed by atoms with Gasteiger partial charge in [0.1, 0.15) is 6.61 Å². The summed E-state index contributed by atoms with van der Waals surface area (Å²) in [7, 11) is 3.92. The fourth-order valence-electron chi connectivity index (χ4n) is 2.34. The average Bonchev–Trinajstić information content (AvgIpc) is 3.10. The van der Waals surface area contributed by atoms with Crippen molar-refractivity contribution in [3.05, 3.63) is 53.5 Å². The van der Waals surface area contributed by atoms with Crippen LogP contribution in [0.1, 0.15) is 5.56 Å². The van der Waals surface area contributed by atoms with Crippen LogP contribution >= 0.6 is 11.3 Å². The quantitative estimate of drug-likeness (QED) is 0.602. The number of thiazole rings is 1. The van der Waals surface area contributed by atoms with Gasteiger partial charge in [-0.15, -0.1) is 11.3 Å². The third-order valence-electron chi connectivity index (χ3n) is 3.76. The van der Waals surface area contributed by atoms with E-state index in [4.69, 9.17) is 4.74 Å². The highest BCUT2D eigenvalue weighted by Crippen LogP contribution is 2.33. The lowest BCUT2D eigenvalue weighted by molar-refractivity contribution is -0.137. The summed E-state index contributed by atoms with van der Waals surface area (Å²) in [6, 6.07) is 8.62. The minimum Gasteiger partial charge on any atom is -0.476 e. The molecule has 2 heterocycles. The molecule has 0 aliphatic rings. The van der Waals surface area contributed by atoms with Gasteiger partial charge in [0, 0.05) is 35.4 Å². The van der Waals surface area contributed by atoms with Crippen molar-refractivity contribution in [2.75, 3.05) is 32.6 Å². The summed E-state index contributed by atoms with van der Waals surface area (Å²) in [5.41, 5.74) is 1.14. The molecule has 0 radical (unpaired) electrons. The molecule has 0 saturated carbocycles. The van der Waals surface area contributed by atoms with Gasteiger partial charge >= 0.3 is 6.18 Å². The number of halogens is 3. The Morgan fingerprint density at radius 1 is 1.18 bits per heavy atom. The zero-order chi connectivity index (χ0) is 20.1. The van der Waals surface area contributed by atoms with E-state index < -0.39 is 11.7 Å². The van der Waals surface area contributed by atoms with Crippen molar-refractivity contribution in [1.82, 2.24) is 14.9 Å². The second-order valence-electron chi connectivity index (χ2n) is 6.28. The third-order valence-corrected chi connectivity index (χ3v) is 4.52. The number of anilines is 2. The van der Waals surface area contributed by atoms with Gasteiger partial charge in [-0.05, 0) is 38.4 Å². The summed E-state index contributed by atoms with van der Waals surface area (Å²) in [6.45, 7) is 1.29. The van der Waals surface area contributed by atoms with Gasteiger partial charge < -0.3 is 15.0 Å². The van der Waals surface area contributed by atoms with E-state index in [9.17, 15) is 13.2 Å². The van der Waals surface area contributed by atoms with E-state index >= 15 is 0 Å². The lowest BCUT2D eigenvalue weighted by atomic mass is 10.2. The molecule has 3 aromatic rings. The fraction of sp³-hybridized carbons (Fsp3) is 0.263. The Hall–Kier alpha value is -2.65. The van der Waals surface area contributed by atoms with Gasteiger partial charge in [-0.1, -0.05) is 6.07 Å². The molecule has 0 aliphatic heterocycles. The highest BCUT2D eigenvalue weighted by molar-refractivity contribution is 7.14. The molecule has 0 spiro atoms. The van der Waals surface area contributed by atoms with Crippen LogP contribution in [0.2, 0.25) is 0 Å². The lowest BCUT2D eigenvalue weighted by Crippen LogP contribution is -2.19. The molecule has 9 heteroatoms. The number of ether oxygens (including phenoxy) is 1. The van der Waals surface area contributed by atoms with Crippen molar-refractivity contribution in [1.29, 1.82) is 0 Å². The number of alkyl halides is 3. The van der Waals surface area contributed by atoms with Crippen LogP contribution in [0.4, 0.5) is 24.0 Å². The van der Waals surface area contributed by atoms with E-state index in [-0.39, 0.29) is 0 Å². The van der Waals surface area contributed by atoms with Crippen molar-refractivity contribution >= 4 is 22.2 Å². The van der Waals surface area contributed by atoms with Crippen LogP contribution in [0.3, 0.4) is 0 Å². The zero-order valence-corrected chi connectivity index (χ0v) is 16.1. The molecule has 0 fully saturated rings. The number of likely N-dealkylation sites (N-methyl/N-ethyl adjacent to an activating group) is 1. The highest BCUT2D eigenvalue weighted by Gasteiger charge is 2.30. The highest BCUT2D eigenvalue weighted by atomic mass is 32.1. The van der Waals surface area contributed by atoms with Crippen LogP contribution in [-0.4, -0.2) is 42.1 Å². The van der Waals surface area contributed by atoms with E-state index in [1.165, 1.54) is 17.4 Å². The largest absolute Gasteiger partial charge is 0.476 e. The first-order valence-corrected chi connectivity index (χ1v) is 9.33. The number of hydrogen-bond donors (Lipinski definition) is 1. The van der Waals surface area contributed by atoms with Crippen molar-refractivity contribution < 1.29 is 17.9 Å². The van der Waals surface area contributed by atoms with E-state index in [0.29, 0.717) is 29.0 Å². The summed E-state index contributed by atoms with van der Waals surface area (Å²) in [5, 5.41) is 5.25. The van der Waals surface area contributed by atoms with Crippen LogP contribution in [0.5, 0.6) is 5.88 Å². The lowest BCUT2D eigenvalue weighted by Gasteiger charge is -2.10. The van der Waals surface area contributed by atoms with Gasteiger partial charge in [-0.3, -0.25) is 0 Å². The Morgan fingerprint density at radius 3 is 2.75 bits per heavy atom. The molecule has 5 nitrogen and oxygen atoms in total. The summed E-state index contributed by atoms with van der Waals surface area (Å²) < 4.78 is 44.2. The normalized spacial score (nSPS) is 11.6. The SMILES string of the molecule is CN(C)CCOc1cc(-c2csc(Nc3cccc(C(F)(F)F)c3)n2)ccn1. The van der Waals surface area contributed by atoms with Gasteiger partial charge in [0.2, 0.25) is 5.88 Å². The van der Waals surface area contributed by atoms with Crippen LogP contribution < -0.4 is 10.1 Å². The zero-order valence-electron chi connectivity index (χ0n) is 15.3. The fourth-order valence-corrected chi connectivity index (χ4v) is 3.08. The number of hydrogen-bond acceptors (Lipinski definition) is 6. The molecular formula is C19H19F3N4OS. The number of benzene rings is 1. The minimum absolute atomic E-state index is 0.332. The van der Waals surface area contributed by atoms with Crippen molar-refractivity contribution in [2.24, 2.45) is 0 Å². The topological polar surface area (TPSA) is 50.3 Å². The molecule has 28 heavy (non-hydrogen) atoms. The Balaban J connectivity index is 1.71. The minimum atomic E-state index is -4.38.